The first-order valence-electron chi connectivity index (χ1n) is 5.58. The second kappa shape index (κ2) is 5.67. The standard InChI is InChI=1S/C12H15ClN2OS/c1-8(9-6-14-7-9)12(16)15-5-4-10-2-3-11(13)17-10/h2-3,14H,4-7H2,1H3,(H,15,16). The monoisotopic (exact) mass is 270 g/mol. The van der Waals surface area contributed by atoms with Crippen molar-refractivity contribution in [2.75, 3.05) is 19.6 Å². The Hall–Kier alpha value is -0.840. The van der Waals surface area contributed by atoms with Crippen molar-refractivity contribution in [2.45, 2.75) is 13.3 Å². The number of carbonyl (C=O) groups is 1. The molecule has 1 amide bonds. The van der Waals surface area contributed by atoms with Crippen LogP contribution in [0.4, 0.5) is 0 Å². The largest absolute Gasteiger partial charge is 0.352 e. The smallest absolute Gasteiger partial charge is 0.246 e. The van der Waals surface area contributed by atoms with E-state index in [4.69, 9.17) is 11.6 Å². The fraction of sp³-hybridized carbons (Fsp3) is 0.417. The average Bonchev–Trinajstić information content (AvgIpc) is 2.61. The van der Waals surface area contributed by atoms with Crippen molar-refractivity contribution in [1.29, 1.82) is 0 Å². The maximum atomic E-state index is 11.8. The molecule has 1 saturated heterocycles. The molecule has 1 fully saturated rings. The van der Waals surface area contributed by atoms with Crippen LogP contribution in [-0.4, -0.2) is 25.5 Å². The Labute approximate surface area is 110 Å². The Kier molecular flexibility index (Phi) is 4.20. The van der Waals surface area contributed by atoms with Crippen LogP contribution in [0.1, 0.15) is 11.8 Å². The molecule has 1 aromatic heterocycles. The average molecular weight is 271 g/mol. The molecule has 0 aliphatic carbocycles. The summed E-state index contributed by atoms with van der Waals surface area (Å²) in [6.07, 6.45) is 0.837. The van der Waals surface area contributed by atoms with Gasteiger partial charge in [0.05, 0.1) is 4.34 Å². The summed E-state index contributed by atoms with van der Waals surface area (Å²) >= 11 is 7.40. The van der Waals surface area contributed by atoms with Gasteiger partial charge in [0.25, 0.3) is 0 Å². The number of nitrogens with one attached hydrogen (secondary N) is 2. The zero-order chi connectivity index (χ0) is 12.3. The van der Waals surface area contributed by atoms with Crippen LogP contribution in [0.15, 0.2) is 23.3 Å². The fourth-order valence-corrected chi connectivity index (χ4v) is 2.68. The lowest BCUT2D eigenvalue weighted by Gasteiger charge is -2.21. The molecule has 2 rings (SSSR count). The first-order valence-corrected chi connectivity index (χ1v) is 6.78. The van der Waals surface area contributed by atoms with E-state index in [2.05, 4.69) is 10.6 Å². The third kappa shape index (κ3) is 3.31. The van der Waals surface area contributed by atoms with Gasteiger partial charge in [-0.25, -0.2) is 0 Å². The van der Waals surface area contributed by atoms with Crippen molar-refractivity contribution < 1.29 is 4.79 Å². The predicted molar refractivity (Wildman–Crippen MR) is 71.6 cm³/mol. The minimum atomic E-state index is 0.0455. The highest BCUT2D eigenvalue weighted by Gasteiger charge is 2.15. The second-order valence-electron chi connectivity index (χ2n) is 4.04. The highest BCUT2D eigenvalue weighted by atomic mass is 35.5. The molecule has 0 aromatic carbocycles. The predicted octanol–water partition coefficient (Wildman–Crippen LogP) is 1.98. The molecule has 1 aromatic rings. The van der Waals surface area contributed by atoms with Gasteiger partial charge in [-0.3, -0.25) is 4.79 Å². The van der Waals surface area contributed by atoms with Crippen LogP contribution < -0.4 is 10.6 Å². The van der Waals surface area contributed by atoms with Gasteiger partial charge in [0.15, 0.2) is 0 Å². The third-order valence-electron chi connectivity index (χ3n) is 2.83. The quantitative estimate of drug-likeness (QED) is 0.822. The van der Waals surface area contributed by atoms with Crippen molar-refractivity contribution in [3.63, 3.8) is 0 Å². The molecule has 1 aliphatic rings. The molecule has 2 heterocycles. The minimum absolute atomic E-state index is 0.0455. The lowest BCUT2D eigenvalue weighted by atomic mass is 10.0. The Balaban J connectivity index is 1.77. The molecule has 5 heteroatoms. The summed E-state index contributed by atoms with van der Waals surface area (Å²) in [5.41, 5.74) is 2.06. The van der Waals surface area contributed by atoms with Crippen LogP contribution in [0, 0.1) is 0 Å². The lowest BCUT2D eigenvalue weighted by molar-refractivity contribution is -0.117. The van der Waals surface area contributed by atoms with Gasteiger partial charge in [-0.2, -0.15) is 0 Å². The summed E-state index contributed by atoms with van der Waals surface area (Å²) in [6.45, 7) is 4.24. The van der Waals surface area contributed by atoms with E-state index < -0.39 is 0 Å². The number of rotatable bonds is 4. The van der Waals surface area contributed by atoms with E-state index in [1.165, 1.54) is 10.5 Å². The summed E-state index contributed by atoms with van der Waals surface area (Å²) in [5.74, 6) is 0.0455. The van der Waals surface area contributed by atoms with Crippen LogP contribution in [-0.2, 0) is 11.2 Å². The Morgan fingerprint density at radius 1 is 1.53 bits per heavy atom. The normalized spacial score (nSPS) is 14.4. The van der Waals surface area contributed by atoms with Gasteiger partial charge < -0.3 is 10.6 Å². The molecule has 0 spiro atoms. The number of hydrogen-bond donors (Lipinski definition) is 2. The van der Waals surface area contributed by atoms with Crippen molar-refractivity contribution in [1.82, 2.24) is 10.6 Å². The minimum Gasteiger partial charge on any atom is -0.352 e. The van der Waals surface area contributed by atoms with Gasteiger partial charge >= 0.3 is 0 Å². The molecule has 0 unspecified atom stereocenters. The molecular weight excluding hydrogens is 256 g/mol. The van der Waals surface area contributed by atoms with E-state index in [-0.39, 0.29) is 5.91 Å². The van der Waals surface area contributed by atoms with Gasteiger partial charge in [0.2, 0.25) is 5.91 Å². The maximum absolute atomic E-state index is 11.8. The molecule has 92 valence electrons. The number of amides is 1. The number of thiophene rings is 1. The topological polar surface area (TPSA) is 41.1 Å². The molecule has 2 N–H and O–H groups in total. The Morgan fingerprint density at radius 2 is 2.29 bits per heavy atom. The first kappa shape index (κ1) is 12.6. The van der Waals surface area contributed by atoms with Crippen molar-refractivity contribution in [2.24, 2.45) is 0 Å². The molecular formula is C12H15ClN2OS. The molecule has 0 atom stereocenters. The Bertz CT molecular complexity index is 447. The van der Waals surface area contributed by atoms with E-state index >= 15 is 0 Å². The molecule has 17 heavy (non-hydrogen) atoms. The summed E-state index contributed by atoms with van der Waals surface area (Å²) in [6, 6.07) is 3.89. The molecule has 3 nitrogen and oxygen atoms in total. The van der Waals surface area contributed by atoms with E-state index in [1.54, 1.807) is 11.3 Å². The summed E-state index contributed by atoms with van der Waals surface area (Å²) in [7, 11) is 0. The molecule has 0 bridgehead atoms. The van der Waals surface area contributed by atoms with Gasteiger partial charge in [-0.1, -0.05) is 11.6 Å². The highest BCUT2D eigenvalue weighted by molar-refractivity contribution is 7.16. The van der Waals surface area contributed by atoms with Crippen molar-refractivity contribution in [3.05, 3.63) is 32.5 Å². The van der Waals surface area contributed by atoms with Crippen LogP contribution in [0.25, 0.3) is 0 Å². The summed E-state index contributed by atoms with van der Waals surface area (Å²) in [5, 5.41) is 6.06. The SMILES string of the molecule is CC(C(=O)NCCc1ccc(Cl)s1)=C1CNC1. The highest BCUT2D eigenvalue weighted by Crippen LogP contribution is 2.21. The van der Waals surface area contributed by atoms with E-state index in [9.17, 15) is 4.79 Å². The number of carbonyl (C=O) groups excluding carboxylic acids is 1. The van der Waals surface area contributed by atoms with Gasteiger partial charge in [-0.05, 0) is 31.1 Å². The van der Waals surface area contributed by atoms with Crippen LogP contribution >= 0.6 is 22.9 Å². The van der Waals surface area contributed by atoms with Crippen LogP contribution in [0.3, 0.4) is 0 Å². The molecule has 1 aliphatic heterocycles. The zero-order valence-corrected chi connectivity index (χ0v) is 11.3. The molecule has 0 saturated carbocycles. The van der Waals surface area contributed by atoms with Crippen LogP contribution in [0.2, 0.25) is 4.34 Å². The van der Waals surface area contributed by atoms with Gasteiger partial charge in [-0.15, -0.1) is 11.3 Å². The van der Waals surface area contributed by atoms with E-state index in [1.807, 2.05) is 19.1 Å². The lowest BCUT2D eigenvalue weighted by Crippen LogP contribution is -2.38. The zero-order valence-electron chi connectivity index (χ0n) is 9.68. The van der Waals surface area contributed by atoms with Gasteiger partial charge in [0, 0.05) is 30.1 Å². The van der Waals surface area contributed by atoms with Crippen molar-refractivity contribution >= 4 is 28.8 Å². The van der Waals surface area contributed by atoms with Crippen LogP contribution in [0.5, 0.6) is 0 Å². The third-order valence-corrected chi connectivity index (χ3v) is 4.12. The fourth-order valence-electron chi connectivity index (χ4n) is 1.59. The van der Waals surface area contributed by atoms with Gasteiger partial charge in [0.1, 0.15) is 0 Å². The number of halogens is 1. The molecule has 0 radical (unpaired) electrons. The van der Waals surface area contributed by atoms with E-state index in [0.29, 0.717) is 6.54 Å². The second-order valence-corrected chi connectivity index (χ2v) is 5.84. The summed E-state index contributed by atoms with van der Waals surface area (Å²) in [4.78, 5) is 13.0. The Morgan fingerprint density at radius 3 is 2.82 bits per heavy atom. The first-order chi connectivity index (χ1) is 8.16. The van der Waals surface area contributed by atoms with Crippen molar-refractivity contribution in [3.8, 4) is 0 Å². The van der Waals surface area contributed by atoms with E-state index in [0.717, 1.165) is 29.4 Å². The maximum Gasteiger partial charge on any atom is 0.246 e. The number of hydrogen-bond acceptors (Lipinski definition) is 3. The summed E-state index contributed by atoms with van der Waals surface area (Å²) < 4.78 is 0.796.